The zero-order valence-corrected chi connectivity index (χ0v) is 16.0. The van der Waals surface area contributed by atoms with Crippen molar-refractivity contribution < 1.29 is 23.8 Å². The topological polar surface area (TPSA) is 61.8 Å². The van der Waals surface area contributed by atoms with E-state index in [0.717, 1.165) is 11.1 Å². The van der Waals surface area contributed by atoms with Crippen LogP contribution in [0.4, 0.5) is 0 Å². The van der Waals surface area contributed by atoms with E-state index in [1.165, 1.54) is 0 Å². The third-order valence-electron chi connectivity index (χ3n) is 4.65. The average molecular weight is 386 g/mol. The summed E-state index contributed by atoms with van der Waals surface area (Å²) < 4.78 is 16.2. The third-order valence-corrected chi connectivity index (χ3v) is 4.65. The number of allylic oxidation sites excluding steroid dienone is 1. The number of carbonyl (C=O) groups is 2. The van der Waals surface area contributed by atoms with E-state index in [9.17, 15) is 9.59 Å². The summed E-state index contributed by atoms with van der Waals surface area (Å²) in [5.74, 6) is 0.861. The van der Waals surface area contributed by atoms with Gasteiger partial charge in [-0.05, 0) is 60.5 Å². The molecule has 0 amide bonds. The number of aryl methyl sites for hydroxylation is 1. The zero-order chi connectivity index (χ0) is 20.4. The summed E-state index contributed by atoms with van der Waals surface area (Å²) in [6.45, 7) is 1.97. The summed E-state index contributed by atoms with van der Waals surface area (Å²) in [4.78, 5) is 25.0. The zero-order valence-electron chi connectivity index (χ0n) is 16.0. The van der Waals surface area contributed by atoms with Gasteiger partial charge in [0.05, 0.1) is 18.2 Å². The smallest absolute Gasteiger partial charge is 0.343 e. The van der Waals surface area contributed by atoms with E-state index in [1.807, 2.05) is 31.2 Å². The van der Waals surface area contributed by atoms with Crippen molar-refractivity contribution in [3.05, 3.63) is 94.7 Å². The average Bonchev–Trinajstić information content (AvgIpc) is 3.04. The summed E-state index contributed by atoms with van der Waals surface area (Å²) in [5.41, 5.74) is 2.79. The molecular weight excluding hydrogens is 368 g/mol. The molecule has 0 spiro atoms. The van der Waals surface area contributed by atoms with E-state index in [0.29, 0.717) is 28.4 Å². The van der Waals surface area contributed by atoms with Gasteiger partial charge in [-0.1, -0.05) is 24.3 Å². The Hall–Kier alpha value is -3.86. The van der Waals surface area contributed by atoms with E-state index in [1.54, 1.807) is 55.7 Å². The molecule has 1 heterocycles. The van der Waals surface area contributed by atoms with Gasteiger partial charge in [0.2, 0.25) is 5.78 Å². The number of hydrogen-bond donors (Lipinski definition) is 0. The summed E-state index contributed by atoms with van der Waals surface area (Å²) in [6, 6.07) is 19.1. The molecule has 3 aromatic rings. The fraction of sp³-hybridized carbons (Fsp3) is 0.0833. The number of rotatable bonds is 4. The molecule has 4 rings (SSSR count). The molecule has 0 bridgehead atoms. The summed E-state index contributed by atoms with van der Waals surface area (Å²) >= 11 is 0. The molecule has 1 aliphatic rings. The molecule has 0 atom stereocenters. The second-order valence-corrected chi connectivity index (χ2v) is 6.57. The number of ketones is 1. The van der Waals surface area contributed by atoms with Crippen LogP contribution in [0.2, 0.25) is 0 Å². The minimum atomic E-state index is -0.507. The van der Waals surface area contributed by atoms with Crippen molar-refractivity contribution in [2.24, 2.45) is 0 Å². The van der Waals surface area contributed by atoms with Crippen molar-refractivity contribution in [3.63, 3.8) is 0 Å². The molecular formula is C24H18O5. The number of fused-ring (bicyclic) bond motifs is 1. The fourth-order valence-corrected chi connectivity index (χ4v) is 3.01. The van der Waals surface area contributed by atoms with Gasteiger partial charge < -0.3 is 14.2 Å². The van der Waals surface area contributed by atoms with Crippen LogP contribution in [-0.4, -0.2) is 18.9 Å². The van der Waals surface area contributed by atoms with E-state index < -0.39 is 5.97 Å². The SMILES string of the molecule is COc1ccc(C(=O)Oc2ccc3c(c2)OC(=Cc2ccccc2C)C3=O)cc1. The Morgan fingerprint density at radius 2 is 1.69 bits per heavy atom. The molecule has 5 heteroatoms. The maximum absolute atomic E-state index is 12.6. The molecule has 0 aromatic heterocycles. The molecule has 5 nitrogen and oxygen atoms in total. The quantitative estimate of drug-likeness (QED) is 0.365. The van der Waals surface area contributed by atoms with Gasteiger partial charge in [0.1, 0.15) is 17.2 Å². The van der Waals surface area contributed by atoms with E-state index >= 15 is 0 Å². The second kappa shape index (κ2) is 7.64. The molecule has 144 valence electrons. The van der Waals surface area contributed by atoms with Crippen LogP contribution in [-0.2, 0) is 0 Å². The van der Waals surface area contributed by atoms with Crippen LogP contribution in [0.25, 0.3) is 6.08 Å². The molecule has 29 heavy (non-hydrogen) atoms. The highest BCUT2D eigenvalue weighted by Crippen LogP contribution is 2.35. The minimum Gasteiger partial charge on any atom is -0.497 e. The predicted octanol–water partition coefficient (Wildman–Crippen LogP) is 4.84. The largest absolute Gasteiger partial charge is 0.497 e. The van der Waals surface area contributed by atoms with Gasteiger partial charge in [0.15, 0.2) is 5.76 Å². The van der Waals surface area contributed by atoms with Crippen molar-refractivity contribution in [2.45, 2.75) is 6.92 Å². The predicted molar refractivity (Wildman–Crippen MR) is 109 cm³/mol. The van der Waals surface area contributed by atoms with Gasteiger partial charge in [-0.15, -0.1) is 0 Å². The first kappa shape index (κ1) is 18.5. The maximum Gasteiger partial charge on any atom is 0.343 e. The molecule has 0 radical (unpaired) electrons. The van der Waals surface area contributed by atoms with Crippen LogP contribution in [0, 0.1) is 6.92 Å². The summed E-state index contributed by atoms with van der Waals surface area (Å²) in [6.07, 6.45) is 1.72. The van der Waals surface area contributed by atoms with Crippen molar-refractivity contribution in [2.75, 3.05) is 7.11 Å². The van der Waals surface area contributed by atoms with Crippen LogP contribution in [0.15, 0.2) is 72.5 Å². The Labute approximate surface area is 168 Å². The number of Topliss-reactive ketones (excluding diaryl/α,β-unsaturated/α-hetero) is 1. The molecule has 0 saturated heterocycles. The van der Waals surface area contributed by atoms with E-state index in [4.69, 9.17) is 14.2 Å². The molecule has 0 aliphatic carbocycles. The molecule has 0 fully saturated rings. The maximum atomic E-state index is 12.6. The number of ether oxygens (including phenoxy) is 3. The Morgan fingerprint density at radius 3 is 2.41 bits per heavy atom. The monoisotopic (exact) mass is 386 g/mol. The van der Waals surface area contributed by atoms with Crippen molar-refractivity contribution in [1.29, 1.82) is 0 Å². The first-order chi connectivity index (χ1) is 14.0. The van der Waals surface area contributed by atoms with Gasteiger partial charge in [0, 0.05) is 6.07 Å². The standard InChI is InChI=1S/C24H18O5/c1-15-5-3-4-6-17(15)13-22-23(25)20-12-11-19(14-21(20)29-22)28-24(26)16-7-9-18(27-2)10-8-16/h3-14H,1-2H3. The highest BCUT2D eigenvalue weighted by atomic mass is 16.5. The number of hydrogen-bond acceptors (Lipinski definition) is 5. The van der Waals surface area contributed by atoms with Gasteiger partial charge in [-0.3, -0.25) is 4.79 Å². The fourth-order valence-electron chi connectivity index (χ4n) is 3.01. The number of carbonyl (C=O) groups excluding carboxylic acids is 2. The molecule has 0 unspecified atom stereocenters. The van der Waals surface area contributed by atoms with Crippen LogP contribution < -0.4 is 14.2 Å². The molecule has 0 saturated carbocycles. The normalized spacial score (nSPS) is 13.7. The van der Waals surface area contributed by atoms with Crippen molar-refractivity contribution in [3.8, 4) is 17.2 Å². The lowest BCUT2D eigenvalue weighted by Crippen LogP contribution is -2.08. The highest BCUT2D eigenvalue weighted by Gasteiger charge is 2.28. The highest BCUT2D eigenvalue weighted by molar-refractivity contribution is 6.14. The van der Waals surface area contributed by atoms with Crippen molar-refractivity contribution in [1.82, 2.24) is 0 Å². The second-order valence-electron chi connectivity index (χ2n) is 6.57. The Kier molecular flexibility index (Phi) is 4.87. The van der Waals surface area contributed by atoms with Crippen LogP contribution in [0.5, 0.6) is 17.2 Å². The van der Waals surface area contributed by atoms with E-state index in [-0.39, 0.29) is 11.5 Å². The molecule has 3 aromatic carbocycles. The molecule has 1 aliphatic heterocycles. The van der Waals surface area contributed by atoms with Crippen molar-refractivity contribution >= 4 is 17.8 Å². The van der Waals surface area contributed by atoms with Gasteiger partial charge >= 0.3 is 5.97 Å². The van der Waals surface area contributed by atoms with Crippen LogP contribution >= 0.6 is 0 Å². The Balaban J connectivity index is 1.54. The lowest BCUT2D eigenvalue weighted by molar-refractivity contribution is 0.0734. The minimum absolute atomic E-state index is 0.198. The van der Waals surface area contributed by atoms with Crippen LogP contribution in [0.1, 0.15) is 31.8 Å². The molecule has 0 N–H and O–H groups in total. The summed E-state index contributed by atoms with van der Waals surface area (Å²) in [7, 11) is 1.56. The Morgan fingerprint density at radius 1 is 0.966 bits per heavy atom. The number of esters is 1. The van der Waals surface area contributed by atoms with Crippen LogP contribution in [0.3, 0.4) is 0 Å². The summed E-state index contributed by atoms with van der Waals surface area (Å²) in [5, 5.41) is 0. The lowest BCUT2D eigenvalue weighted by atomic mass is 10.1. The first-order valence-corrected chi connectivity index (χ1v) is 9.05. The van der Waals surface area contributed by atoms with Gasteiger partial charge in [-0.25, -0.2) is 4.79 Å². The number of methoxy groups -OCH3 is 1. The number of benzene rings is 3. The van der Waals surface area contributed by atoms with E-state index in [2.05, 4.69) is 0 Å². The van der Waals surface area contributed by atoms with Gasteiger partial charge in [-0.2, -0.15) is 0 Å². The van der Waals surface area contributed by atoms with Gasteiger partial charge in [0.25, 0.3) is 0 Å². The third kappa shape index (κ3) is 3.75. The Bertz CT molecular complexity index is 1130. The first-order valence-electron chi connectivity index (χ1n) is 9.05. The lowest BCUT2D eigenvalue weighted by Gasteiger charge is -2.06.